The van der Waals surface area contributed by atoms with Crippen LogP contribution in [-0.2, 0) is 11.2 Å². The summed E-state index contributed by atoms with van der Waals surface area (Å²) >= 11 is 5.88. The molecule has 0 spiro atoms. The lowest BCUT2D eigenvalue weighted by Gasteiger charge is -2.32. The number of benzene rings is 1. The Bertz CT molecular complexity index is 521. The van der Waals surface area contributed by atoms with E-state index in [9.17, 15) is 9.90 Å². The highest BCUT2D eigenvalue weighted by Gasteiger charge is 2.37. The summed E-state index contributed by atoms with van der Waals surface area (Å²) in [5.74, 6) is 0.868. The summed E-state index contributed by atoms with van der Waals surface area (Å²) in [5.41, 5.74) is 0.852. The fraction of sp³-hybridized carbons (Fsp3) is 0.533. The molecule has 0 aliphatic carbocycles. The lowest BCUT2D eigenvalue weighted by molar-refractivity contribution is -0.131. The van der Waals surface area contributed by atoms with Crippen molar-refractivity contribution in [3.05, 3.63) is 28.8 Å². The van der Waals surface area contributed by atoms with E-state index in [1.54, 1.807) is 18.2 Å². The van der Waals surface area contributed by atoms with Gasteiger partial charge >= 0.3 is 0 Å². The molecule has 5 heteroatoms. The zero-order valence-electron chi connectivity index (χ0n) is 11.3. The van der Waals surface area contributed by atoms with Gasteiger partial charge in [-0.05, 0) is 43.0 Å². The summed E-state index contributed by atoms with van der Waals surface area (Å²) < 4.78 is 0. The van der Waals surface area contributed by atoms with Gasteiger partial charge in [-0.15, -0.1) is 0 Å². The number of hydrogen-bond donors (Lipinski definition) is 2. The zero-order chi connectivity index (χ0) is 14.1. The molecule has 1 amide bonds. The number of nitrogens with one attached hydrogen (secondary N) is 1. The lowest BCUT2D eigenvalue weighted by atomic mass is 9.93. The molecule has 0 bridgehead atoms. The van der Waals surface area contributed by atoms with Crippen molar-refractivity contribution >= 4 is 17.5 Å². The van der Waals surface area contributed by atoms with Crippen LogP contribution in [0.1, 0.15) is 18.4 Å². The van der Waals surface area contributed by atoms with Gasteiger partial charge in [-0.2, -0.15) is 0 Å². The first-order valence-corrected chi connectivity index (χ1v) is 7.50. The first-order valence-electron chi connectivity index (χ1n) is 7.13. The highest BCUT2D eigenvalue weighted by molar-refractivity contribution is 6.32. The molecule has 0 aromatic heterocycles. The Morgan fingerprint density at radius 3 is 3.10 bits per heavy atom. The maximum Gasteiger partial charge on any atom is 0.227 e. The number of hydrogen-bond acceptors (Lipinski definition) is 3. The maximum atomic E-state index is 12.5. The average molecular weight is 295 g/mol. The number of likely N-dealkylation sites (tertiary alicyclic amines) is 1. The van der Waals surface area contributed by atoms with Gasteiger partial charge < -0.3 is 15.3 Å². The van der Waals surface area contributed by atoms with Crippen LogP contribution in [0.5, 0.6) is 5.75 Å². The molecule has 20 heavy (non-hydrogen) atoms. The number of carbonyl (C=O) groups excluding carboxylic acids is 1. The van der Waals surface area contributed by atoms with Crippen LogP contribution in [0.3, 0.4) is 0 Å². The molecule has 1 aromatic carbocycles. The van der Waals surface area contributed by atoms with Crippen molar-refractivity contribution < 1.29 is 9.90 Å². The number of carbonyl (C=O) groups is 1. The topological polar surface area (TPSA) is 52.6 Å². The van der Waals surface area contributed by atoms with Gasteiger partial charge in [0, 0.05) is 19.1 Å². The highest BCUT2D eigenvalue weighted by atomic mass is 35.5. The van der Waals surface area contributed by atoms with Crippen molar-refractivity contribution in [2.75, 3.05) is 19.6 Å². The summed E-state index contributed by atoms with van der Waals surface area (Å²) in [6.45, 7) is 2.84. The Balaban J connectivity index is 1.68. The predicted molar refractivity (Wildman–Crippen MR) is 77.9 cm³/mol. The van der Waals surface area contributed by atoms with Crippen LogP contribution in [0.4, 0.5) is 0 Å². The van der Waals surface area contributed by atoms with Gasteiger partial charge in [-0.3, -0.25) is 4.79 Å². The van der Waals surface area contributed by atoms with E-state index in [-0.39, 0.29) is 11.7 Å². The smallest absolute Gasteiger partial charge is 0.227 e. The van der Waals surface area contributed by atoms with Gasteiger partial charge in [-0.25, -0.2) is 0 Å². The molecule has 4 nitrogen and oxygen atoms in total. The van der Waals surface area contributed by atoms with E-state index in [0.29, 0.717) is 23.4 Å². The van der Waals surface area contributed by atoms with E-state index in [0.717, 1.165) is 31.6 Å². The van der Waals surface area contributed by atoms with E-state index in [1.165, 1.54) is 6.42 Å². The van der Waals surface area contributed by atoms with Crippen molar-refractivity contribution in [3.63, 3.8) is 0 Å². The predicted octanol–water partition coefficient (Wildman–Crippen LogP) is 1.80. The molecular formula is C15H19ClN2O2. The van der Waals surface area contributed by atoms with Gasteiger partial charge in [0.05, 0.1) is 11.4 Å². The van der Waals surface area contributed by atoms with Gasteiger partial charge in [0.15, 0.2) is 0 Å². The monoisotopic (exact) mass is 294 g/mol. The summed E-state index contributed by atoms with van der Waals surface area (Å²) in [5, 5.41) is 13.1. The molecule has 3 rings (SSSR count). The lowest BCUT2D eigenvalue weighted by Crippen LogP contribution is -2.48. The third-order valence-corrected chi connectivity index (χ3v) is 4.72. The SMILES string of the molecule is O=C(Cc1ccc(O)c(Cl)c1)N1CCC2CCNCC21. The van der Waals surface area contributed by atoms with Crippen molar-refractivity contribution in [1.29, 1.82) is 0 Å². The fourth-order valence-electron chi connectivity index (χ4n) is 3.31. The van der Waals surface area contributed by atoms with E-state index in [1.807, 2.05) is 4.90 Å². The number of halogens is 1. The summed E-state index contributed by atoms with van der Waals surface area (Å²) in [6, 6.07) is 5.32. The number of amides is 1. The zero-order valence-corrected chi connectivity index (χ0v) is 12.1. The second-order valence-electron chi connectivity index (χ2n) is 5.66. The third-order valence-electron chi connectivity index (χ3n) is 4.42. The molecule has 2 aliphatic rings. The number of piperidine rings is 1. The molecule has 0 radical (unpaired) electrons. The third kappa shape index (κ3) is 2.63. The number of nitrogens with zero attached hydrogens (tertiary/aromatic N) is 1. The number of aromatic hydroxyl groups is 1. The summed E-state index contributed by atoms with van der Waals surface area (Å²) in [7, 11) is 0. The summed E-state index contributed by atoms with van der Waals surface area (Å²) in [6.07, 6.45) is 2.64. The first-order chi connectivity index (χ1) is 9.65. The molecule has 108 valence electrons. The fourth-order valence-corrected chi connectivity index (χ4v) is 3.52. The van der Waals surface area contributed by atoms with E-state index < -0.39 is 0 Å². The normalized spacial score (nSPS) is 25.6. The molecule has 2 saturated heterocycles. The Morgan fingerprint density at radius 2 is 2.30 bits per heavy atom. The number of fused-ring (bicyclic) bond motifs is 1. The second-order valence-corrected chi connectivity index (χ2v) is 6.07. The standard InChI is InChI=1S/C15H19ClN2O2/c16-12-7-10(1-2-14(12)19)8-15(20)18-6-4-11-3-5-17-9-13(11)18/h1-2,7,11,13,17,19H,3-6,8-9H2. The Kier molecular flexibility index (Phi) is 3.85. The highest BCUT2D eigenvalue weighted by Crippen LogP contribution is 2.30. The number of phenolic OH excluding ortho intramolecular Hbond substituents is 1. The van der Waals surface area contributed by atoms with Gasteiger partial charge in [0.25, 0.3) is 0 Å². The minimum atomic E-state index is 0.0561. The van der Waals surface area contributed by atoms with Crippen molar-refractivity contribution in [3.8, 4) is 5.75 Å². The van der Waals surface area contributed by atoms with Crippen LogP contribution in [0, 0.1) is 5.92 Å². The van der Waals surface area contributed by atoms with Crippen LogP contribution >= 0.6 is 11.6 Å². The average Bonchev–Trinajstić information content (AvgIpc) is 2.87. The molecule has 2 N–H and O–H groups in total. The Labute approximate surface area is 123 Å². The first kappa shape index (κ1) is 13.7. The van der Waals surface area contributed by atoms with Crippen LogP contribution < -0.4 is 5.32 Å². The molecule has 1 aromatic rings. The van der Waals surface area contributed by atoms with Crippen LogP contribution in [0.25, 0.3) is 0 Å². The van der Waals surface area contributed by atoms with Crippen molar-refractivity contribution in [1.82, 2.24) is 10.2 Å². The number of phenols is 1. The van der Waals surface area contributed by atoms with Crippen LogP contribution in [0.2, 0.25) is 5.02 Å². The van der Waals surface area contributed by atoms with Gasteiger partial charge in [0.1, 0.15) is 5.75 Å². The van der Waals surface area contributed by atoms with E-state index in [4.69, 9.17) is 11.6 Å². The van der Waals surface area contributed by atoms with Crippen LogP contribution in [0.15, 0.2) is 18.2 Å². The minimum Gasteiger partial charge on any atom is -0.506 e. The molecule has 2 heterocycles. The van der Waals surface area contributed by atoms with Crippen molar-refractivity contribution in [2.45, 2.75) is 25.3 Å². The molecular weight excluding hydrogens is 276 g/mol. The molecule has 0 saturated carbocycles. The quantitative estimate of drug-likeness (QED) is 0.874. The van der Waals surface area contributed by atoms with E-state index in [2.05, 4.69) is 5.32 Å². The maximum absolute atomic E-state index is 12.5. The number of rotatable bonds is 2. The summed E-state index contributed by atoms with van der Waals surface area (Å²) in [4.78, 5) is 14.5. The molecule has 2 fully saturated rings. The van der Waals surface area contributed by atoms with Crippen molar-refractivity contribution in [2.24, 2.45) is 5.92 Å². The second kappa shape index (κ2) is 5.62. The van der Waals surface area contributed by atoms with E-state index >= 15 is 0 Å². The largest absolute Gasteiger partial charge is 0.506 e. The molecule has 2 atom stereocenters. The Hall–Kier alpha value is -1.26. The van der Waals surface area contributed by atoms with Crippen LogP contribution in [-0.4, -0.2) is 41.6 Å². The Morgan fingerprint density at radius 1 is 1.45 bits per heavy atom. The molecule has 2 aliphatic heterocycles. The minimum absolute atomic E-state index is 0.0561. The molecule has 2 unspecified atom stereocenters. The van der Waals surface area contributed by atoms with Gasteiger partial charge in [-0.1, -0.05) is 17.7 Å². The van der Waals surface area contributed by atoms with Gasteiger partial charge in [0.2, 0.25) is 5.91 Å².